The predicted octanol–water partition coefficient (Wildman–Crippen LogP) is 1.21. The van der Waals surface area contributed by atoms with Crippen molar-refractivity contribution in [2.24, 2.45) is 0 Å². The number of methoxy groups -OCH3 is 1. The first-order valence-electron chi connectivity index (χ1n) is 7.91. The Morgan fingerprint density at radius 3 is 2.35 bits per heavy atom. The SMILES string of the molecule is COc1ccc(S(=O)(=O)NC[C@H](O)CN2C(C)CCC2C)cc1. The summed E-state index contributed by atoms with van der Waals surface area (Å²) in [5, 5.41) is 10.1. The van der Waals surface area contributed by atoms with Crippen molar-refractivity contribution >= 4 is 10.0 Å². The van der Waals surface area contributed by atoms with Crippen molar-refractivity contribution < 1.29 is 18.3 Å². The zero-order valence-electron chi connectivity index (χ0n) is 13.9. The molecule has 0 amide bonds. The lowest BCUT2D eigenvalue weighted by atomic mass is 10.2. The number of sulfonamides is 1. The smallest absolute Gasteiger partial charge is 0.240 e. The number of aliphatic hydroxyl groups is 1. The summed E-state index contributed by atoms with van der Waals surface area (Å²) in [4.78, 5) is 2.39. The molecule has 3 atom stereocenters. The molecule has 1 aliphatic heterocycles. The average molecular weight is 342 g/mol. The standard InChI is InChI=1S/C16H26N2O4S/c1-12-4-5-13(2)18(12)11-14(19)10-17-23(20,21)16-8-6-15(22-3)7-9-16/h6-9,12-14,17,19H,4-5,10-11H2,1-3H3/t12?,13?,14-/m0/s1. The van der Waals surface area contributed by atoms with Gasteiger partial charge in [0.15, 0.2) is 0 Å². The van der Waals surface area contributed by atoms with Gasteiger partial charge in [-0.25, -0.2) is 13.1 Å². The largest absolute Gasteiger partial charge is 0.497 e. The van der Waals surface area contributed by atoms with Crippen molar-refractivity contribution in [2.75, 3.05) is 20.2 Å². The van der Waals surface area contributed by atoms with E-state index in [-0.39, 0.29) is 11.4 Å². The van der Waals surface area contributed by atoms with Crippen LogP contribution in [0.4, 0.5) is 0 Å². The summed E-state index contributed by atoms with van der Waals surface area (Å²) in [6.07, 6.45) is 1.50. The summed E-state index contributed by atoms with van der Waals surface area (Å²) >= 11 is 0. The van der Waals surface area contributed by atoms with E-state index in [0.717, 1.165) is 12.8 Å². The Bertz CT molecular complexity index is 593. The molecule has 2 rings (SSSR count). The highest BCUT2D eigenvalue weighted by Gasteiger charge is 2.29. The second kappa shape index (κ2) is 7.61. The molecule has 7 heteroatoms. The van der Waals surface area contributed by atoms with Crippen molar-refractivity contribution in [3.05, 3.63) is 24.3 Å². The van der Waals surface area contributed by atoms with Crippen molar-refractivity contribution in [2.45, 2.75) is 49.8 Å². The molecule has 1 aromatic carbocycles. The van der Waals surface area contributed by atoms with E-state index in [9.17, 15) is 13.5 Å². The third kappa shape index (κ3) is 4.67. The third-order valence-corrected chi connectivity index (χ3v) is 5.87. The zero-order chi connectivity index (χ0) is 17.0. The first kappa shape index (κ1) is 18.2. The average Bonchev–Trinajstić information content (AvgIpc) is 2.85. The molecule has 130 valence electrons. The van der Waals surface area contributed by atoms with Crippen LogP contribution in [0.5, 0.6) is 5.75 Å². The van der Waals surface area contributed by atoms with E-state index in [1.807, 2.05) is 0 Å². The summed E-state index contributed by atoms with van der Waals surface area (Å²) in [5.74, 6) is 0.598. The lowest BCUT2D eigenvalue weighted by Crippen LogP contribution is -2.43. The second-order valence-corrected chi connectivity index (χ2v) is 7.92. The fourth-order valence-corrected chi connectivity index (χ4v) is 4.03. The molecule has 23 heavy (non-hydrogen) atoms. The Hall–Kier alpha value is -1.15. The molecule has 1 heterocycles. The van der Waals surface area contributed by atoms with Gasteiger partial charge in [-0.2, -0.15) is 0 Å². The minimum Gasteiger partial charge on any atom is -0.497 e. The van der Waals surface area contributed by atoms with E-state index in [0.29, 0.717) is 24.4 Å². The first-order valence-corrected chi connectivity index (χ1v) is 9.39. The predicted molar refractivity (Wildman–Crippen MR) is 89.1 cm³/mol. The summed E-state index contributed by atoms with van der Waals surface area (Å²) < 4.78 is 31.9. The Balaban J connectivity index is 1.90. The maximum absolute atomic E-state index is 12.2. The molecular formula is C16H26N2O4S. The molecule has 6 nitrogen and oxygen atoms in total. The molecule has 0 aliphatic carbocycles. The van der Waals surface area contributed by atoms with Crippen LogP contribution in [0.2, 0.25) is 0 Å². The van der Waals surface area contributed by atoms with Crippen LogP contribution in [-0.4, -0.2) is 56.8 Å². The monoisotopic (exact) mass is 342 g/mol. The number of β-amino-alcohol motifs (C(OH)–C–C–N with tert-alkyl or cyclic N) is 1. The van der Waals surface area contributed by atoms with E-state index < -0.39 is 16.1 Å². The third-order valence-electron chi connectivity index (χ3n) is 4.43. The minimum atomic E-state index is -3.63. The lowest BCUT2D eigenvalue weighted by Gasteiger charge is -2.28. The molecule has 2 unspecified atom stereocenters. The molecule has 0 radical (unpaired) electrons. The number of ether oxygens (including phenoxy) is 1. The maximum Gasteiger partial charge on any atom is 0.240 e. The van der Waals surface area contributed by atoms with Gasteiger partial charge in [-0.15, -0.1) is 0 Å². The van der Waals surface area contributed by atoms with Gasteiger partial charge in [-0.1, -0.05) is 0 Å². The maximum atomic E-state index is 12.2. The Morgan fingerprint density at radius 2 is 1.83 bits per heavy atom. The van der Waals surface area contributed by atoms with Crippen LogP contribution >= 0.6 is 0 Å². The molecule has 1 aliphatic rings. The van der Waals surface area contributed by atoms with Gasteiger partial charge < -0.3 is 9.84 Å². The highest BCUT2D eigenvalue weighted by Crippen LogP contribution is 2.23. The second-order valence-electron chi connectivity index (χ2n) is 6.15. The highest BCUT2D eigenvalue weighted by atomic mass is 32.2. The van der Waals surface area contributed by atoms with Gasteiger partial charge in [-0.3, -0.25) is 4.90 Å². The molecule has 0 bridgehead atoms. The molecular weight excluding hydrogens is 316 g/mol. The highest BCUT2D eigenvalue weighted by molar-refractivity contribution is 7.89. The van der Waals surface area contributed by atoms with Gasteiger partial charge in [0.2, 0.25) is 10.0 Å². The number of benzene rings is 1. The quantitative estimate of drug-likeness (QED) is 0.779. The number of aliphatic hydroxyl groups excluding tert-OH is 1. The molecule has 2 N–H and O–H groups in total. The van der Waals surface area contributed by atoms with E-state index in [4.69, 9.17) is 4.74 Å². The van der Waals surface area contributed by atoms with Crippen LogP contribution in [0, 0.1) is 0 Å². The molecule has 0 aromatic heterocycles. The summed E-state index contributed by atoms with van der Waals surface area (Å²) in [7, 11) is -2.10. The number of likely N-dealkylation sites (tertiary alicyclic amines) is 1. The molecule has 0 saturated carbocycles. The van der Waals surface area contributed by atoms with Crippen LogP contribution in [0.3, 0.4) is 0 Å². The van der Waals surface area contributed by atoms with E-state index in [2.05, 4.69) is 23.5 Å². The number of hydrogen-bond acceptors (Lipinski definition) is 5. The fraction of sp³-hybridized carbons (Fsp3) is 0.625. The van der Waals surface area contributed by atoms with Gasteiger partial charge in [0, 0.05) is 25.2 Å². The van der Waals surface area contributed by atoms with Crippen molar-refractivity contribution in [1.29, 1.82) is 0 Å². The van der Waals surface area contributed by atoms with Crippen LogP contribution < -0.4 is 9.46 Å². The zero-order valence-corrected chi connectivity index (χ0v) is 14.7. The summed E-state index contributed by atoms with van der Waals surface area (Å²) in [5.41, 5.74) is 0. The molecule has 1 fully saturated rings. The summed E-state index contributed by atoms with van der Waals surface area (Å²) in [6.45, 7) is 4.76. The number of rotatable bonds is 7. The van der Waals surface area contributed by atoms with Crippen molar-refractivity contribution in [3.8, 4) is 5.75 Å². The fourth-order valence-electron chi connectivity index (χ4n) is 2.96. The van der Waals surface area contributed by atoms with Gasteiger partial charge in [-0.05, 0) is 51.0 Å². The number of nitrogens with one attached hydrogen (secondary N) is 1. The molecule has 1 aromatic rings. The van der Waals surface area contributed by atoms with Gasteiger partial charge in [0.25, 0.3) is 0 Å². The van der Waals surface area contributed by atoms with E-state index in [1.165, 1.54) is 19.2 Å². The van der Waals surface area contributed by atoms with Crippen molar-refractivity contribution in [3.63, 3.8) is 0 Å². The Kier molecular flexibility index (Phi) is 6.02. The molecule has 0 spiro atoms. The van der Waals surface area contributed by atoms with Crippen molar-refractivity contribution in [1.82, 2.24) is 9.62 Å². The number of nitrogens with zero attached hydrogens (tertiary/aromatic N) is 1. The first-order chi connectivity index (χ1) is 10.8. The lowest BCUT2D eigenvalue weighted by molar-refractivity contribution is 0.0941. The van der Waals surface area contributed by atoms with Gasteiger partial charge >= 0.3 is 0 Å². The van der Waals surface area contributed by atoms with Crippen LogP contribution in [0.1, 0.15) is 26.7 Å². The van der Waals surface area contributed by atoms with Gasteiger partial charge in [0.05, 0.1) is 18.1 Å². The summed E-state index contributed by atoms with van der Waals surface area (Å²) in [6, 6.07) is 7.02. The normalized spacial score (nSPS) is 23.8. The number of hydrogen-bond donors (Lipinski definition) is 2. The minimum absolute atomic E-state index is 0.00427. The Labute approximate surface area is 138 Å². The Morgan fingerprint density at radius 1 is 1.26 bits per heavy atom. The molecule has 1 saturated heterocycles. The van der Waals surface area contributed by atoms with Crippen LogP contribution in [0.25, 0.3) is 0 Å². The van der Waals surface area contributed by atoms with E-state index >= 15 is 0 Å². The van der Waals surface area contributed by atoms with Crippen LogP contribution in [-0.2, 0) is 10.0 Å². The van der Waals surface area contributed by atoms with Gasteiger partial charge in [0.1, 0.15) is 5.75 Å². The van der Waals surface area contributed by atoms with E-state index in [1.54, 1.807) is 12.1 Å². The van der Waals surface area contributed by atoms with Crippen LogP contribution in [0.15, 0.2) is 29.2 Å². The topological polar surface area (TPSA) is 78.9 Å².